The van der Waals surface area contributed by atoms with Gasteiger partial charge in [0, 0.05) is 36.7 Å². The molecular weight excluding hydrogens is 286 g/mol. The first kappa shape index (κ1) is 15.2. The van der Waals surface area contributed by atoms with Gasteiger partial charge in [0.15, 0.2) is 0 Å². The van der Waals surface area contributed by atoms with Gasteiger partial charge in [-0.25, -0.2) is 4.98 Å². The minimum atomic E-state index is 0.301. The molecule has 2 fully saturated rings. The van der Waals surface area contributed by atoms with Gasteiger partial charge in [-0.2, -0.15) is 4.98 Å². The van der Waals surface area contributed by atoms with Crippen LogP contribution in [0, 0.1) is 0 Å². The maximum absolute atomic E-state index is 6.15. The predicted molar refractivity (Wildman–Crippen MR) is 93.8 cm³/mol. The number of rotatable bonds is 1. The summed E-state index contributed by atoms with van der Waals surface area (Å²) in [5, 5.41) is 0. The normalized spacial score (nSPS) is 27.4. The molecule has 4 rings (SSSR count). The lowest BCUT2D eigenvalue weighted by atomic mass is 9.71. The van der Waals surface area contributed by atoms with Crippen molar-refractivity contribution in [3.05, 3.63) is 11.3 Å². The molecule has 1 saturated heterocycles. The maximum atomic E-state index is 6.15. The van der Waals surface area contributed by atoms with Crippen LogP contribution < -0.4 is 10.6 Å². The number of piperazine rings is 1. The van der Waals surface area contributed by atoms with Crippen molar-refractivity contribution in [1.29, 1.82) is 0 Å². The van der Waals surface area contributed by atoms with Crippen molar-refractivity contribution in [3.63, 3.8) is 0 Å². The first-order valence-electron chi connectivity index (χ1n) is 9.21. The molecule has 0 bridgehead atoms. The number of nitrogen functional groups attached to an aromatic ring is 1. The van der Waals surface area contributed by atoms with Crippen molar-refractivity contribution in [2.24, 2.45) is 0 Å². The van der Waals surface area contributed by atoms with E-state index in [4.69, 9.17) is 15.7 Å². The molecule has 0 amide bonds. The van der Waals surface area contributed by atoms with Gasteiger partial charge in [0.2, 0.25) is 5.95 Å². The van der Waals surface area contributed by atoms with Crippen molar-refractivity contribution < 1.29 is 0 Å². The molecule has 2 heterocycles. The number of hydrogen-bond donors (Lipinski definition) is 1. The lowest BCUT2D eigenvalue weighted by Gasteiger charge is -2.42. The van der Waals surface area contributed by atoms with E-state index in [-0.39, 0.29) is 0 Å². The number of nitrogens with zero attached hydrogens (tertiary/aromatic N) is 4. The molecule has 23 heavy (non-hydrogen) atoms. The van der Waals surface area contributed by atoms with Gasteiger partial charge in [0.05, 0.1) is 5.69 Å². The van der Waals surface area contributed by atoms with Crippen LogP contribution in [-0.4, -0.2) is 47.6 Å². The average molecular weight is 315 g/mol. The van der Waals surface area contributed by atoms with Crippen LogP contribution in [0.4, 0.5) is 11.8 Å². The fraction of sp³-hybridized carbons (Fsp3) is 0.778. The Morgan fingerprint density at radius 3 is 2.57 bits per heavy atom. The topological polar surface area (TPSA) is 58.3 Å². The highest BCUT2D eigenvalue weighted by Gasteiger charge is 2.42. The summed E-state index contributed by atoms with van der Waals surface area (Å²) in [6.45, 7) is 5.51. The van der Waals surface area contributed by atoms with Gasteiger partial charge < -0.3 is 15.5 Å². The average Bonchev–Trinajstić information content (AvgIpc) is 2.97. The maximum Gasteiger partial charge on any atom is 0.222 e. The molecular formula is C18H29N5. The van der Waals surface area contributed by atoms with Crippen LogP contribution in [0.25, 0.3) is 0 Å². The second kappa shape index (κ2) is 5.62. The van der Waals surface area contributed by atoms with Crippen LogP contribution >= 0.6 is 0 Å². The van der Waals surface area contributed by atoms with Crippen LogP contribution in [0.15, 0.2) is 0 Å². The summed E-state index contributed by atoms with van der Waals surface area (Å²) in [7, 11) is 2.20. The number of hydrogen-bond acceptors (Lipinski definition) is 5. The third kappa shape index (κ3) is 2.49. The minimum Gasteiger partial charge on any atom is -0.368 e. The Kier molecular flexibility index (Phi) is 3.71. The summed E-state index contributed by atoms with van der Waals surface area (Å²) in [6, 6.07) is 0.480. The van der Waals surface area contributed by atoms with Gasteiger partial charge >= 0.3 is 0 Å². The summed E-state index contributed by atoms with van der Waals surface area (Å²) >= 11 is 0. The Morgan fingerprint density at radius 1 is 1.09 bits per heavy atom. The zero-order valence-electron chi connectivity index (χ0n) is 14.5. The third-order valence-corrected chi connectivity index (χ3v) is 6.25. The molecule has 2 N–H and O–H groups in total. The van der Waals surface area contributed by atoms with Crippen LogP contribution in [0.5, 0.6) is 0 Å². The largest absolute Gasteiger partial charge is 0.368 e. The number of likely N-dealkylation sites (N-methyl/N-ethyl adjacent to an activating group) is 1. The van der Waals surface area contributed by atoms with E-state index in [0.29, 0.717) is 17.4 Å². The van der Waals surface area contributed by atoms with Gasteiger partial charge in [0.1, 0.15) is 5.82 Å². The van der Waals surface area contributed by atoms with E-state index in [1.165, 1.54) is 49.8 Å². The lowest BCUT2D eigenvalue weighted by Crippen LogP contribution is -2.51. The van der Waals surface area contributed by atoms with Crippen molar-refractivity contribution in [1.82, 2.24) is 14.9 Å². The molecule has 1 aliphatic heterocycles. The Labute approximate surface area is 139 Å². The molecule has 1 atom stereocenters. The smallest absolute Gasteiger partial charge is 0.222 e. The van der Waals surface area contributed by atoms with E-state index in [1.54, 1.807) is 0 Å². The second-order valence-electron chi connectivity index (χ2n) is 7.88. The molecule has 0 radical (unpaired) electrons. The van der Waals surface area contributed by atoms with Crippen LogP contribution in [0.3, 0.4) is 0 Å². The molecule has 1 aromatic rings. The van der Waals surface area contributed by atoms with Gasteiger partial charge in [-0.15, -0.1) is 0 Å². The molecule has 0 aromatic carbocycles. The molecule has 3 aliphatic rings. The van der Waals surface area contributed by atoms with Crippen molar-refractivity contribution in [2.75, 3.05) is 37.3 Å². The first-order chi connectivity index (χ1) is 11.1. The van der Waals surface area contributed by atoms with E-state index in [0.717, 1.165) is 31.9 Å². The van der Waals surface area contributed by atoms with Gasteiger partial charge in [-0.1, -0.05) is 12.8 Å². The predicted octanol–water partition coefficient (Wildman–Crippen LogP) is 2.35. The van der Waals surface area contributed by atoms with Crippen LogP contribution in [0.1, 0.15) is 56.7 Å². The highest BCUT2D eigenvalue weighted by molar-refractivity contribution is 5.56. The van der Waals surface area contributed by atoms with E-state index in [1.807, 2.05) is 0 Å². The van der Waals surface area contributed by atoms with Crippen molar-refractivity contribution in [2.45, 2.75) is 63.3 Å². The monoisotopic (exact) mass is 315 g/mol. The zero-order valence-corrected chi connectivity index (χ0v) is 14.5. The standard InChI is InChI=1S/C18H29N5/c1-13-12-22(2)10-11-23(13)16-14-6-5-9-18(7-3-4-8-18)15(14)20-17(19)21-16/h13H,3-12H2,1-2H3,(H2,19,20,21). The summed E-state index contributed by atoms with van der Waals surface area (Å²) in [6.07, 6.45) is 8.92. The highest BCUT2D eigenvalue weighted by Crippen LogP contribution is 2.49. The van der Waals surface area contributed by atoms with Crippen molar-refractivity contribution >= 4 is 11.8 Å². The molecule has 1 unspecified atom stereocenters. The molecule has 2 aliphatic carbocycles. The summed E-state index contributed by atoms with van der Waals surface area (Å²) in [4.78, 5) is 14.4. The Morgan fingerprint density at radius 2 is 1.83 bits per heavy atom. The Balaban J connectivity index is 1.78. The van der Waals surface area contributed by atoms with Gasteiger partial charge in [-0.05, 0) is 46.1 Å². The van der Waals surface area contributed by atoms with Gasteiger partial charge in [0.25, 0.3) is 0 Å². The Hall–Kier alpha value is -1.36. The summed E-state index contributed by atoms with van der Waals surface area (Å²) in [5.74, 6) is 1.61. The first-order valence-corrected chi connectivity index (χ1v) is 9.21. The number of anilines is 2. The molecule has 1 aromatic heterocycles. The van der Waals surface area contributed by atoms with E-state index < -0.39 is 0 Å². The van der Waals surface area contributed by atoms with Crippen LogP contribution in [0.2, 0.25) is 0 Å². The quantitative estimate of drug-likeness (QED) is 0.862. The number of fused-ring (bicyclic) bond motifs is 2. The van der Waals surface area contributed by atoms with Crippen molar-refractivity contribution in [3.8, 4) is 0 Å². The highest BCUT2D eigenvalue weighted by atomic mass is 15.3. The third-order valence-electron chi connectivity index (χ3n) is 6.25. The van der Waals surface area contributed by atoms with Crippen LogP contribution in [-0.2, 0) is 11.8 Å². The van der Waals surface area contributed by atoms with E-state index in [2.05, 4.69) is 23.8 Å². The minimum absolute atomic E-state index is 0.301. The molecule has 1 saturated carbocycles. The lowest BCUT2D eigenvalue weighted by molar-refractivity contribution is 0.273. The molecule has 126 valence electrons. The molecule has 5 nitrogen and oxygen atoms in total. The zero-order chi connectivity index (χ0) is 16.0. The summed E-state index contributed by atoms with van der Waals surface area (Å²) < 4.78 is 0. The molecule has 5 heteroatoms. The SMILES string of the molecule is CC1CN(C)CCN1c1nc(N)nc2c1CCCC21CCCC1. The molecule has 1 spiro atoms. The second-order valence-corrected chi connectivity index (χ2v) is 7.88. The fourth-order valence-electron chi connectivity index (χ4n) is 5.11. The van der Waals surface area contributed by atoms with Gasteiger partial charge in [-0.3, -0.25) is 0 Å². The van der Waals surface area contributed by atoms with E-state index in [9.17, 15) is 0 Å². The van der Waals surface area contributed by atoms with E-state index >= 15 is 0 Å². The number of nitrogens with two attached hydrogens (primary N) is 1. The fourth-order valence-corrected chi connectivity index (χ4v) is 5.11. The number of aromatic nitrogens is 2. The summed E-state index contributed by atoms with van der Waals surface area (Å²) in [5.41, 5.74) is 9.16. The Bertz CT molecular complexity index is 593.